The molecule has 26 heavy (non-hydrogen) atoms. The maximum Gasteiger partial charge on any atom is 0.416 e. The molecule has 0 saturated carbocycles. The highest BCUT2D eigenvalue weighted by Crippen LogP contribution is 2.32. The van der Waals surface area contributed by atoms with Gasteiger partial charge in [-0.1, -0.05) is 18.2 Å². The molecule has 0 aromatic heterocycles. The van der Waals surface area contributed by atoms with Gasteiger partial charge in [0.05, 0.1) is 18.2 Å². The maximum atomic E-state index is 12.8. The monoisotopic (exact) mass is 364 g/mol. The third kappa shape index (κ3) is 3.67. The molecule has 0 radical (unpaired) electrons. The molecule has 1 aliphatic heterocycles. The van der Waals surface area contributed by atoms with Crippen LogP contribution in [0, 0.1) is 0 Å². The topological polar surface area (TPSA) is 55.6 Å². The van der Waals surface area contributed by atoms with Crippen molar-refractivity contribution in [2.45, 2.75) is 18.6 Å². The third-order valence-corrected chi connectivity index (χ3v) is 4.49. The zero-order valence-electron chi connectivity index (χ0n) is 14.2. The first-order chi connectivity index (χ1) is 12.3. The maximum absolute atomic E-state index is 12.8. The van der Waals surface area contributed by atoms with Crippen molar-refractivity contribution >= 4 is 5.91 Å². The third-order valence-electron chi connectivity index (χ3n) is 4.49. The number of nitrogens with two attached hydrogens (primary N) is 1. The van der Waals surface area contributed by atoms with Gasteiger partial charge in [-0.3, -0.25) is 4.79 Å². The Morgan fingerprint density at radius 2 is 1.81 bits per heavy atom. The Morgan fingerprint density at radius 1 is 1.15 bits per heavy atom. The van der Waals surface area contributed by atoms with Gasteiger partial charge in [0, 0.05) is 19.1 Å². The van der Waals surface area contributed by atoms with Gasteiger partial charge in [-0.05, 0) is 41.8 Å². The van der Waals surface area contributed by atoms with E-state index >= 15 is 0 Å². The van der Waals surface area contributed by atoms with Crippen LogP contribution in [0.25, 0.3) is 11.1 Å². The molecule has 138 valence electrons. The van der Waals surface area contributed by atoms with Crippen LogP contribution >= 0.6 is 0 Å². The van der Waals surface area contributed by atoms with Crippen molar-refractivity contribution in [2.75, 3.05) is 20.2 Å². The van der Waals surface area contributed by atoms with Gasteiger partial charge in [-0.2, -0.15) is 13.2 Å². The molecule has 1 fully saturated rings. The van der Waals surface area contributed by atoms with Gasteiger partial charge in [-0.25, -0.2) is 0 Å². The molecule has 1 saturated heterocycles. The molecular weight excluding hydrogens is 345 g/mol. The molecule has 3 rings (SSSR count). The minimum absolute atomic E-state index is 0.0389. The smallest absolute Gasteiger partial charge is 0.416 e. The van der Waals surface area contributed by atoms with Crippen LogP contribution in [0.2, 0.25) is 0 Å². The fraction of sp³-hybridized carbons (Fsp3) is 0.316. The number of hydrogen-bond acceptors (Lipinski definition) is 3. The van der Waals surface area contributed by atoms with Crippen LogP contribution in [0.3, 0.4) is 0 Å². The average Bonchev–Trinajstić information content (AvgIpc) is 3.06. The van der Waals surface area contributed by atoms with Gasteiger partial charge in [0.1, 0.15) is 5.75 Å². The van der Waals surface area contributed by atoms with Crippen LogP contribution in [-0.2, 0) is 6.18 Å². The summed E-state index contributed by atoms with van der Waals surface area (Å²) in [6, 6.07) is 9.82. The lowest BCUT2D eigenvalue weighted by Crippen LogP contribution is -2.32. The predicted octanol–water partition coefficient (Wildman–Crippen LogP) is 3.55. The number of carbonyl (C=O) groups is 1. The number of hydrogen-bond donors (Lipinski definition) is 1. The summed E-state index contributed by atoms with van der Waals surface area (Å²) in [6.45, 7) is 1.06. The Bertz CT molecular complexity index is 803. The fourth-order valence-electron chi connectivity index (χ4n) is 3.05. The lowest BCUT2D eigenvalue weighted by Gasteiger charge is -2.18. The molecule has 7 heteroatoms. The number of nitrogens with zero attached hydrogens (tertiary/aromatic N) is 1. The molecule has 1 atom stereocenters. The molecule has 0 bridgehead atoms. The summed E-state index contributed by atoms with van der Waals surface area (Å²) in [4.78, 5) is 14.4. The van der Waals surface area contributed by atoms with Gasteiger partial charge < -0.3 is 15.4 Å². The molecule has 2 aromatic carbocycles. The van der Waals surface area contributed by atoms with Crippen LogP contribution < -0.4 is 10.5 Å². The summed E-state index contributed by atoms with van der Waals surface area (Å²) >= 11 is 0. The molecule has 2 aromatic rings. The van der Waals surface area contributed by atoms with Crippen LogP contribution in [0.1, 0.15) is 22.3 Å². The predicted molar refractivity (Wildman–Crippen MR) is 91.9 cm³/mol. The molecule has 2 N–H and O–H groups in total. The Labute approximate surface area is 149 Å². The first-order valence-electron chi connectivity index (χ1n) is 8.20. The van der Waals surface area contributed by atoms with Crippen molar-refractivity contribution in [3.8, 4) is 16.9 Å². The van der Waals surface area contributed by atoms with E-state index in [1.807, 2.05) is 0 Å². The molecule has 1 unspecified atom stereocenters. The zero-order chi connectivity index (χ0) is 18.9. The number of benzene rings is 2. The van der Waals surface area contributed by atoms with Crippen molar-refractivity contribution in [3.63, 3.8) is 0 Å². The summed E-state index contributed by atoms with van der Waals surface area (Å²) in [5, 5.41) is 0. The van der Waals surface area contributed by atoms with E-state index in [4.69, 9.17) is 10.5 Å². The van der Waals surface area contributed by atoms with Crippen molar-refractivity contribution in [3.05, 3.63) is 53.6 Å². The molecule has 1 amide bonds. The van der Waals surface area contributed by atoms with Gasteiger partial charge >= 0.3 is 6.18 Å². The van der Waals surface area contributed by atoms with E-state index in [0.717, 1.165) is 18.6 Å². The highest BCUT2D eigenvalue weighted by Gasteiger charge is 2.30. The number of halogens is 3. The lowest BCUT2D eigenvalue weighted by atomic mass is 10.0. The van der Waals surface area contributed by atoms with E-state index < -0.39 is 11.7 Å². The van der Waals surface area contributed by atoms with Crippen molar-refractivity contribution in [2.24, 2.45) is 5.73 Å². The van der Waals surface area contributed by atoms with Gasteiger partial charge in [-0.15, -0.1) is 0 Å². The van der Waals surface area contributed by atoms with Crippen LogP contribution in [0.5, 0.6) is 5.75 Å². The van der Waals surface area contributed by atoms with Crippen LogP contribution in [0.15, 0.2) is 42.5 Å². The van der Waals surface area contributed by atoms with Gasteiger partial charge in [0.15, 0.2) is 0 Å². The van der Waals surface area contributed by atoms with E-state index in [-0.39, 0.29) is 11.9 Å². The van der Waals surface area contributed by atoms with E-state index in [2.05, 4.69) is 0 Å². The number of ether oxygens (including phenoxy) is 1. The number of likely N-dealkylation sites (tertiary alicyclic amines) is 1. The van der Waals surface area contributed by atoms with Crippen molar-refractivity contribution < 1.29 is 22.7 Å². The number of rotatable bonds is 3. The normalized spacial score (nSPS) is 17.4. The first kappa shape index (κ1) is 18.3. The van der Waals surface area contributed by atoms with Gasteiger partial charge in [0.25, 0.3) is 5.91 Å². The molecule has 1 aliphatic rings. The summed E-state index contributed by atoms with van der Waals surface area (Å²) in [5.41, 5.74) is 6.76. The second-order valence-corrected chi connectivity index (χ2v) is 6.29. The largest absolute Gasteiger partial charge is 0.496 e. The molecular formula is C19H19F3N2O2. The highest BCUT2D eigenvalue weighted by molar-refractivity contribution is 5.98. The summed E-state index contributed by atoms with van der Waals surface area (Å²) in [5.74, 6) is 0.231. The Kier molecular flexibility index (Phi) is 4.91. The van der Waals surface area contributed by atoms with E-state index in [1.165, 1.54) is 19.2 Å². The van der Waals surface area contributed by atoms with Crippen molar-refractivity contribution in [1.29, 1.82) is 0 Å². The van der Waals surface area contributed by atoms with E-state index in [0.29, 0.717) is 35.5 Å². The lowest BCUT2D eigenvalue weighted by molar-refractivity contribution is -0.137. The Morgan fingerprint density at radius 3 is 2.35 bits per heavy atom. The zero-order valence-corrected chi connectivity index (χ0v) is 14.2. The molecule has 0 aliphatic carbocycles. The molecule has 4 nitrogen and oxygen atoms in total. The minimum atomic E-state index is -4.38. The molecule has 0 spiro atoms. The van der Waals surface area contributed by atoms with Crippen LogP contribution in [0.4, 0.5) is 13.2 Å². The average molecular weight is 364 g/mol. The van der Waals surface area contributed by atoms with Gasteiger partial charge in [0.2, 0.25) is 0 Å². The summed E-state index contributed by atoms with van der Waals surface area (Å²) < 4.78 is 43.4. The second kappa shape index (κ2) is 6.99. The number of alkyl halides is 3. The molecule has 1 heterocycles. The van der Waals surface area contributed by atoms with E-state index in [9.17, 15) is 18.0 Å². The van der Waals surface area contributed by atoms with Crippen LogP contribution in [-0.4, -0.2) is 37.0 Å². The van der Waals surface area contributed by atoms with Crippen molar-refractivity contribution in [1.82, 2.24) is 4.90 Å². The standard InChI is InChI=1S/C19H19F3N2O2/c1-26-17-7-4-13(12-2-5-14(6-3-12)19(20,21)22)10-16(17)18(25)24-9-8-15(23)11-24/h2-7,10,15H,8-9,11,23H2,1H3. The number of carbonyl (C=O) groups excluding carboxylic acids is 1. The quantitative estimate of drug-likeness (QED) is 0.906. The highest BCUT2D eigenvalue weighted by atomic mass is 19.4. The second-order valence-electron chi connectivity index (χ2n) is 6.29. The Balaban J connectivity index is 1.93. The first-order valence-corrected chi connectivity index (χ1v) is 8.20. The Hall–Kier alpha value is -2.54. The summed E-state index contributed by atoms with van der Waals surface area (Å²) in [6.07, 6.45) is -3.64. The number of methoxy groups -OCH3 is 1. The fourth-order valence-corrected chi connectivity index (χ4v) is 3.05. The number of amides is 1. The van der Waals surface area contributed by atoms with E-state index in [1.54, 1.807) is 23.1 Å². The summed E-state index contributed by atoms with van der Waals surface area (Å²) in [7, 11) is 1.47. The SMILES string of the molecule is COc1ccc(-c2ccc(C(F)(F)F)cc2)cc1C(=O)N1CCC(N)C1. The minimum Gasteiger partial charge on any atom is -0.496 e.